The second-order valence-electron chi connectivity index (χ2n) is 8.81. The Labute approximate surface area is 189 Å². The Bertz CT molecular complexity index is 998. The van der Waals surface area contributed by atoms with Gasteiger partial charge < -0.3 is 21.5 Å². The van der Waals surface area contributed by atoms with Crippen molar-refractivity contribution >= 4 is 27.9 Å². The maximum absolute atomic E-state index is 12.8. The summed E-state index contributed by atoms with van der Waals surface area (Å²) in [6.45, 7) is 4.98. The number of benzene rings is 1. The van der Waals surface area contributed by atoms with Gasteiger partial charge in [-0.1, -0.05) is 0 Å². The molecule has 3 rings (SSSR count). The molecule has 1 aromatic rings. The molecule has 0 aromatic heterocycles. The van der Waals surface area contributed by atoms with E-state index in [1.54, 1.807) is 23.1 Å². The van der Waals surface area contributed by atoms with Gasteiger partial charge in [-0.15, -0.1) is 0 Å². The van der Waals surface area contributed by atoms with Crippen LogP contribution in [-0.4, -0.2) is 72.4 Å². The number of nitrogens with two attached hydrogens (primary N) is 2. The van der Waals surface area contributed by atoms with Crippen LogP contribution in [0.2, 0.25) is 0 Å². The summed E-state index contributed by atoms with van der Waals surface area (Å²) in [5.74, 6) is -0.703. The van der Waals surface area contributed by atoms with Gasteiger partial charge in [0.2, 0.25) is 15.9 Å². The summed E-state index contributed by atoms with van der Waals surface area (Å²) < 4.78 is 26.8. The van der Waals surface area contributed by atoms with Gasteiger partial charge >= 0.3 is 0 Å². The number of sulfonamides is 1. The van der Waals surface area contributed by atoms with Crippen molar-refractivity contribution in [3.05, 3.63) is 39.8 Å². The predicted molar refractivity (Wildman–Crippen MR) is 122 cm³/mol. The number of aliphatic hydroxyl groups excluding tert-OH is 1. The highest BCUT2D eigenvalue weighted by atomic mass is 32.2. The molecule has 2 aliphatic heterocycles. The minimum Gasteiger partial charge on any atom is -0.393 e. The molecule has 10 heteroatoms. The first-order valence-electron chi connectivity index (χ1n) is 10.8. The first kappa shape index (κ1) is 24.4. The number of carbonyl (C=O) groups is 2. The Morgan fingerprint density at radius 2 is 1.62 bits per heavy atom. The van der Waals surface area contributed by atoms with Crippen LogP contribution in [0.1, 0.15) is 52.7 Å². The van der Waals surface area contributed by atoms with Gasteiger partial charge in [0.1, 0.15) is 0 Å². The Balaban J connectivity index is 1.73. The van der Waals surface area contributed by atoms with E-state index in [2.05, 4.69) is 0 Å². The number of primary amides is 1. The Morgan fingerprint density at radius 1 is 1.09 bits per heavy atom. The van der Waals surface area contributed by atoms with E-state index in [1.807, 2.05) is 13.8 Å². The highest BCUT2D eigenvalue weighted by molar-refractivity contribution is 7.92. The van der Waals surface area contributed by atoms with E-state index in [0.29, 0.717) is 31.5 Å². The van der Waals surface area contributed by atoms with Gasteiger partial charge in [-0.2, -0.15) is 4.31 Å². The number of rotatable bonds is 5. The standard InChI is InChI=1S/C22H32N4O5S/c1-15-13-17(20(28)25-8-3-18(27)4-9-25)14-16(2)19(15)5-12-32(30,31)26-10-6-22(24,7-11-26)21(23)29/h5,12-14,18,27H,3-4,6-11,24H2,1-2H3,(H2,23,29)/b12-5+. The van der Waals surface area contributed by atoms with Crippen LogP contribution in [-0.2, 0) is 14.8 Å². The van der Waals surface area contributed by atoms with Crippen molar-refractivity contribution in [3.8, 4) is 0 Å². The number of likely N-dealkylation sites (tertiary alicyclic amines) is 1. The van der Waals surface area contributed by atoms with E-state index >= 15 is 0 Å². The van der Waals surface area contributed by atoms with Crippen molar-refractivity contribution in [2.45, 2.75) is 51.2 Å². The first-order valence-corrected chi connectivity index (χ1v) is 12.3. The highest BCUT2D eigenvalue weighted by Crippen LogP contribution is 2.24. The zero-order chi connectivity index (χ0) is 23.7. The summed E-state index contributed by atoms with van der Waals surface area (Å²) in [7, 11) is -3.69. The molecule has 2 aliphatic rings. The first-order chi connectivity index (χ1) is 14.9. The van der Waals surface area contributed by atoms with Crippen molar-refractivity contribution in [2.24, 2.45) is 11.5 Å². The molecule has 0 bridgehead atoms. The number of aliphatic hydroxyl groups is 1. The van der Waals surface area contributed by atoms with Gasteiger partial charge in [0.25, 0.3) is 5.91 Å². The maximum Gasteiger partial charge on any atom is 0.253 e. The van der Waals surface area contributed by atoms with Gasteiger partial charge in [-0.05, 0) is 74.4 Å². The number of nitrogens with zero attached hydrogens (tertiary/aromatic N) is 2. The van der Waals surface area contributed by atoms with E-state index in [9.17, 15) is 23.1 Å². The summed E-state index contributed by atoms with van der Waals surface area (Å²) in [5.41, 5.74) is 13.0. The highest BCUT2D eigenvalue weighted by Gasteiger charge is 2.38. The third kappa shape index (κ3) is 5.20. The zero-order valence-corrected chi connectivity index (χ0v) is 19.4. The smallest absolute Gasteiger partial charge is 0.253 e. The summed E-state index contributed by atoms with van der Waals surface area (Å²) in [6.07, 6.45) is 2.70. The molecule has 0 aliphatic carbocycles. The van der Waals surface area contributed by atoms with Crippen LogP contribution in [0.15, 0.2) is 17.5 Å². The van der Waals surface area contributed by atoms with Gasteiger partial charge in [0.05, 0.1) is 11.6 Å². The van der Waals surface area contributed by atoms with Gasteiger partial charge in [0, 0.05) is 37.2 Å². The molecule has 0 radical (unpaired) electrons. The van der Waals surface area contributed by atoms with Crippen LogP contribution in [0.3, 0.4) is 0 Å². The summed E-state index contributed by atoms with van der Waals surface area (Å²) in [4.78, 5) is 26.0. The zero-order valence-electron chi connectivity index (χ0n) is 18.6. The van der Waals surface area contributed by atoms with Gasteiger partial charge in [-0.25, -0.2) is 8.42 Å². The molecular weight excluding hydrogens is 432 g/mol. The van der Waals surface area contributed by atoms with E-state index in [1.165, 1.54) is 4.31 Å². The normalized spacial score (nSPS) is 20.6. The SMILES string of the molecule is Cc1cc(C(=O)N2CCC(O)CC2)cc(C)c1/C=C/S(=O)(=O)N1CCC(N)(C(N)=O)CC1. The van der Waals surface area contributed by atoms with Crippen molar-refractivity contribution in [3.63, 3.8) is 0 Å². The van der Waals surface area contributed by atoms with Crippen molar-refractivity contribution in [2.75, 3.05) is 26.2 Å². The van der Waals surface area contributed by atoms with E-state index in [0.717, 1.165) is 22.1 Å². The maximum atomic E-state index is 12.8. The van der Waals surface area contributed by atoms with E-state index < -0.39 is 21.5 Å². The van der Waals surface area contributed by atoms with Crippen molar-refractivity contribution in [1.82, 2.24) is 9.21 Å². The lowest BCUT2D eigenvalue weighted by Gasteiger charge is -2.35. The minimum absolute atomic E-state index is 0.0840. The molecule has 5 N–H and O–H groups in total. The fourth-order valence-corrected chi connectivity index (χ4v) is 5.41. The quantitative estimate of drug-likeness (QED) is 0.577. The van der Waals surface area contributed by atoms with Crippen LogP contribution >= 0.6 is 0 Å². The fourth-order valence-electron chi connectivity index (χ4n) is 4.24. The number of aryl methyl sites for hydroxylation is 2. The number of amides is 2. The van der Waals surface area contributed by atoms with E-state index in [-0.39, 0.29) is 37.9 Å². The summed E-state index contributed by atoms with van der Waals surface area (Å²) in [6, 6.07) is 3.53. The Hall–Kier alpha value is -2.27. The third-order valence-corrected chi connectivity index (χ3v) is 8.03. The second-order valence-corrected chi connectivity index (χ2v) is 10.6. The molecular formula is C22H32N4O5S. The van der Waals surface area contributed by atoms with Crippen molar-refractivity contribution < 1.29 is 23.1 Å². The van der Waals surface area contributed by atoms with Crippen LogP contribution in [0.4, 0.5) is 0 Å². The monoisotopic (exact) mass is 464 g/mol. The minimum atomic E-state index is -3.69. The molecule has 2 fully saturated rings. The summed E-state index contributed by atoms with van der Waals surface area (Å²) >= 11 is 0. The van der Waals surface area contributed by atoms with E-state index in [4.69, 9.17) is 11.5 Å². The van der Waals surface area contributed by atoms with Crippen LogP contribution in [0.5, 0.6) is 0 Å². The van der Waals surface area contributed by atoms with Crippen LogP contribution < -0.4 is 11.5 Å². The molecule has 0 atom stereocenters. The largest absolute Gasteiger partial charge is 0.393 e. The molecule has 1 aromatic carbocycles. The van der Waals surface area contributed by atoms with Crippen molar-refractivity contribution in [1.29, 1.82) is 0 Å². The molecule has 0 saturated carbocycles. The lowest BCUT2D eigenvalue weighted by atomic mass is 9.89. The van der Waals surface area contributed by atoms with Crippen LogP contribution in [0.25, 0.3) is 6.08 Å². The van der Waals surface area contributed by atoms with Crippen LogP contribution in [0, 0.1) is 13.8 Å². The number of carbonyl (C=O) groups excluding carboxylic acids is 2. The molecule has 0 unspecified atom stereocenters. The molecule has 2 amide bonds. The van der Waals surface area contributed by atoms with Gasteiger partial charge in [-0.3, -0.25) is 9.59 Å². The molecule has 9 nitrogen and oxygen atoms in total. The Morgan fingerprint density at radius 3 is 2.12 bits per heavy atom. The average molecular weight is 465 g/mol. The lowest BCUT2D eigenvalue weighted by molar-refractivity contribution is -0.124. The lowest BCUT2D eigenvalue weighted by Crippen LogP contribution is -2.58. The predicted octanol–water partition coefficient (Wildman–Crippen LogP) is 0.479. The average Bonchev–Trinajstić information content (AvgIpc) is 2.73. The number of hydrogen-bond acceptors (Lipinski definition) is 6. The number of piperidine rings is 2. The Kier molecular flexibility index (Phi) is 7.09. The second kappa shape index (κ2) is 9.30. The molecule has 2 heterocycles. The summed E-state index contributed by atoms with van der Waals surface area (Å²) in [5, 5.41) is 10.8. The molecule has 32 heavy (non-hydrogen) atoms. The van der Waals surface area contributed by atoms with Gasteiger partial charge in [0.15, 0.2) is 0 Å². The molecule has 176 valence electrons. The number of hydrogen-bond donors (Lipinski definition) is 3. The topological polar surface area (TPSA) is 147 Å². The third-order valence-electron chi connectivity index (χ3n) is 6.46. The molecule has 0 spiro atoms. The fraction of sp³-hybridized carbons (Fsp3) is 0.545. The molecule has 2 saturated heterocycles.